The Morgan fingerprint density at radius 3 is 2.43 bits per heavy atom. The van der Waals surface area contributed by atoms with E-state index in [1.807, 2.05) is 0 Å². The normalized spacial score (nSPS) is 11.1. The molecule has 14 heavy (non-hydrogen) atoms. The monoisotopic (exact) mass is 196 g/mol. The topological polar surface area (TPSA) is 66.8 Å². The molecule has 0 radical (unpaired) electrons. The fraction of sp³-hybridized carbons (Fsp3) is 0.300. The summed E-state index contributed by atoms with van der Waals surface area (Å²) >= 11 is 0. The average molecular weight is 196 g/mol. The second kappa shape index (κ2) is 4.21. The first kappa shape index (κ1) is 10.7. The minimum atomic E-state index is -2.16. The van der Waals surface area contributed by atoms with Crippen LogP contribution in [0.15, 0.2) is 30.3 Å². The van der Waals surface area contributed by atoms with Crippen LogP contribution in [-0.2, 0) is 15.3 Å². The van der Waals surface area contributed by atoms with Crippen molar-refractivity contribution in [3.05, 3.63) is 35.9 Å². The van der Waals surface area contributed by atoms with E-state index in [2.05, 4.69) is 4.74 Å². The van der Waals surface area contributed by atoms with Gasteiger partial charge in [0.2, 0.25) is 5.79 Å². The molecule has 0 saturated heterocycles. The molecule has 0 fully saturated rings. The Bertz CT molecular complexity index is 305. The number of esters is 1. The van der Waals surface area contributed by atoms with Crippen LogP contribution in [-0.4, -0.2) is 23.3 Å². The SMILES string of the molecule is COC(=O)CC(O)(O)c1ccccc1. The molecule has 4 nitrogen and oxygen atoms in total. The fourth-order valence-corrected chi connectivity index (χ4v) is 1.08. The Morgan fingerprint density at radius 2 is 1.93 bits per heavy atom. The van der Waals surface area contributed by atoms with E-state index in [0.29, 0.717) is 0 Å². The standard InChI is InChI=1S/C10H12O4/c1-14-9(11)7-10(12,13)8-5-3-2-4-6-8/h2-6,12-13H,7H2,1H3. The number of hydrogen-bond donors (Lipinski definition) is 2. The highest BCUT2D eigenvalue weighted by Gasteiger charge is 2.29. The lowest BCUT2D eigenvalue weighted by Gasteiger charge is -2.20. The van der Waals surface area contributed by atoms with Crippen LogP contribution >= 0.6 is 0 Å². The van der Waals surface area contributed by atoms with E-state index in [4.69, 9.17) is 0 Å². The smallest absolute Gasteiger partial charge is 0.311 e. The molecule has 0 aromatic heterocycles. The summed E-state index contributed by atoms with van der Waals surface area (Å²) < 4.78 is 4.35. The quantitative estimate of drug-likeness (QED) is 0.542. The molecule has 0 aliphatic rings. The zero-order chi connectivity index (χ0) is 10.6. The van der Waals surface area contributed by atoms with Gasteiger partial charge < -0.3 is 14.9 Å². The third-order valence-electron chi connectivity index (χ3n) is 1.85. The van der Waals surface area contributed by atoms with Crippen molar-refractivity contribution >= 4 is 5.97 Å². The van der Waals surface area contributed by atoms with Gasteiger partial charge in [-0.1, -0.05) is 30.3 Å². The summed E-state index contributed by atoms with van der Waals surface area (Å²) in [6.45, 7) is 0. The minimum Gasteiger partial charge on any atom is -0.469 e. The largest absolute Gasteiger partial charge is 0.469 e. The molecule has 0 amide bonds. The van der Waals surface area contributed by atoms with Gasteiger partial charge in [0.15, 0.2) is 0 Å². The molecule has 0 heterocycles. The average Bonchev–Trinajstić information content (AvgIpc) is 2.18. The van der Waals surface area contributed by atoms with Crippen LogP contribution in [0.5, 0.6) is 0 Å². The van der Waals surface area contributed by atoms with Gasteiger partial charge in [-0.25, -0.2) is 0 Å². The predicted octanol–water partition coefficient (Wildman–Crippen LogP) is 0.387. The van der Waals surface area contributed by atoms with Gasteiger partial charge in [0, 0.05) is 5.56 Å². The highest BCUT2D eigenvalue weighted by molar-refractivity contribution is 5.70. The number of carbonyl (C=O) groups is 1. The zero-order valence-electron chi connectivity index (χ0n) is 7.80. The molecule has 1 aromatic rings. The molecule has 0 atom stereocenters. The van der Waals surface area contributed by atoms with Crippen LogP contribution in [0, 0.1) is 0 Å². The van der Waals surface area contributed by atoms with Crippen molar-refractivity contribution < 1.29 is 19.7 Å². The van der Waals surface area contributed by atoms with E-state index in [1.54, 1.807) is 18.2 Å². The van der Waals surface area contributed by atoms with Gasteiger partial charge in [-0.05, 0) is 0 Å². The summed E-state index contributed by atoms with van der Waals surface area (Å²) in [5, 5.41) is 19.1. The van der Waals surface area contributed by atoms with Gasteiger partial charge >= 0.3 is 5.97 Å². The summed E-state index contributed by atoms with van der Waals surface area (Å²) in [5.41, 5.74) is 0.269. The van der Waals surface area contributed by atoms with Gasteiger partial charge in [0.05, 0.1) is 7.11 Å². The van der Waals surface area contributed by atoms with E-state index in [-0.39, 0.29) is 5.56 Å². The van der Waals surface area contributed by atoms with Gasteiger partial charge in [-0.3, -0.25) is 4.79 Å². The lowest BCUT2D eigenvalue weighted by atomic mass is 10.0. The van der Waals surface area contributed by atoms with Gasteiger partial charge in [0.1, 0.15) is 6.42 Å². The van der Waals surface area contributed by atoms with E-state index in [0.717, 1.165) is 0 Å². The Labute approximate surface area is 81.8 Å². The van der Waals surface area contributed by atoms with Crippen molar-refractivity contribution in [2.24, 2.45) is 0 Å². The third kappa shape index (κ3) is 2.55. The van der Waals surface area contributed by atoms with Crippen molar-refractivity contribution in [2.45, 2.75) is 12.2 Å². The van der Waals surface area contributed by atoms with E-state index in [9.17, 15) is 15.0 Å². The first-order chi connectivity index (χ1) is 6.56. The molecule has 0 bridgehead atoms. The van der Waals surface area contributed by atoms with Crippen molar-refractivity contribution in [1.82, 2.24) is 0 Å². The van der Waals surface area contributed by atoms with E-state index < -0.39 is 18.2 Å². The number of benzene rings is 1. The lowest BCUT2D eigenvalue weighted by Crippen LogP contribution is -2.28. The molecule has 0 aliphatic heterocycles. The first-order valence-electron chi connectivity index (χ1n) is 4.13. The molecular formula is C10H12O4. The number of methoxy groups -OCH3 is 1. The second-order valence-electron chi connectivity index (χ2n) is 2.94. The van der Waals surface area contributed by atoms with Gasteiger partial charge in [-0.2, -0.15) is 0 Å². The molecule has 2 N–H and O–H groups in total. The Hall–Kier alpha value is -1.39. The Morgan fingerprint density at radius 1 is 1.36 bits per heavy atom. The summed E-state index contributed by atoms with van der Waals surface area (Å²) in [6, 6.07) is 8.13. The van der Waals surface area contributed by atoms with Gasteiger partial charge in [-0.15, -0.1) is 0 Å². The number of ether oxygens (including phenoxy) is 1. The number of carbonyl (C=O) groups excluding carboxylic acids is 1. The highest BCUT2D eigenvalue weighted by Crippen LogP contribution is 2.21. The summed E-state index contributed by atoms with van der Waals surface area (Å²) in [5.74, 6) is -2.83. The molecule has 1 rings (SSSR count). The summed E-state index contributed by atoms with van der Waals surface area (Å²) in [6.07, 6.45) is -0.479. The van der Waals surface area contributed by atoms with Crippen LogP contribution in [0.3, 0.4) is 0 Å². The maximum atomic E-state index is 10.9. The van der Waals surface area contributed by atoms with Gasteiger partial charge in [0.25, 0.3) is 0 Å². The van der Waals surface area contributed by atoms with Crippen LogP contribution in [0.25, 0.3) is 0 Å². The molecule has 0 spiro atoms. The molecule has 0 aliphatic carbocycles. The fourth-order valence-electron chi connectivity index (χ4n) is 1.08. The van der Waals surface area contributed by atoms with Crippen LogP contribution < -0.4 is 0 Å². The molecule has 1 aromatic carbocycles. The molecule has 0 unspecified atom stereocenters. The summed E-state index contributed by atoms with van der Waals surface area (Å²) in [7, 11) is 1.20. The maximum absolute atomic E-state index is 10.9. The second-order valence-corrected chi connectivity index (χ2v) is 2.94. The van der Waals surface area contributed by atoms with Crippen LogP contribution in [0.2, 0.25) is 0 Å². The van der Waals surface area contributed by atoms with Crippen LogP contribution in [0.4, 0.5) is 0 Å². The molecular weight excluding hydrogens is 184 g/mol. The van der Waals surface area contributed by atoms with Crippen molar-refractivity contribution in [1.29, 1.82) is 0 Å². The molecule has 76 valence electrons. The Balaban J connectivity index is 2.80. The van der Waals surface area contributed by atoms with Crippen molar-refractivity contribution in [3.63, 3.8) is 0 Å². The van der Waals surface area contributed by atoms with Crippen molar-refractivity contribution in [2.75, 3.05) is 7.11 Å². The highest BCUT2D eigenvalue weighted by atomic mass is 16.5. The third-order valence-corrected chi connectivity index (χ3v) is 1.85. The first-order valence-corrected chi connectivity index (χ1v) is 4.13. The number of rotatable bonds is 3. The van der Waals surface area contributed by atoms with E-state index >= 15 is 0 Å². The lowest BCUT2D eigenvalue weighted by molar-refractivity contribution is -0.189. The number of hydrogen-bond acceptors (Lipinski definition) is 4. The minimum absolute atomic E-state index is 0.269. The zero-order valence-corrected chi connectivity index (χ0v) is 7.80. The molecule has 4 heteroatoms. The number of aliphatic hydroxyl groups is 2. The predicted molar refractivity (Wildman–Crippen MR) is 49.2 cm³/mol. The molecule has 0 saturated carbocycles. The van der Waals surface area contributed by atoms with E-state index in [1.165, 1.54) is 19.2 Å². The van der Waals surface area contributed by atoms with Crippen LogP contribution in [0.1, 0.15) is 12.0 Å². The Kier molecular flexibility index (Phi) is 3.22. The maximum Gasteiger partial charge on any atom is 0.311 e. The van der Waals surface area contributed by atoms with Crippen molar-refractivity contribution in [3.8, 4) is 0 Å². The summed E-state index contributed by atoms with van der Waals surface area (Å²) in [4.78, 5) is 10.9.